The van der Waals surface area contributed by atoms with Crippen LogP contribution in [0, 0.1) is 0 Å². The number of rotatable bonds is 8. The summed E-state index contributed by atoms with van der Waals surface area (Å²) in [6.45, 7) is 4.61. The Kier molecular flexibility index (Phi) is 7.41. The Morgan fingerprint density at radius 1 is 0.950 bits per heavy atom. The minimum absolute atomic E-state index is 0.405. The molecule has 2 aromatic heterocycles. The number of carbonyl (C=O) groups excluding carboxylic acids is 1. The van der Waals surface area contributed by atoms with Gasteiger partial charge < -0.3 is 34.9 Å². The number of piperidine rings is 1. The Bertz CT molecular complexity index is 1490. The molecule has 2 aliphatic heterocycles. The van der Waals surface area contributed by atoms with Crippen molar-refractivity contribution >= 4 is 45.8 Å². The molecule has 40 heavy (non-hydrogen) atoms. The summed E-state index contributed by atoms with van der Waals surface area (Å²) in [6.07, 6.45) is 6.88. The van der Waals surface area contributed by atoms with E-state index in [2.05, 4.69) is 42.5 Å². The van der Waals surface area contributed by atoms with E-state index in [1.54, 1.807) is 19.2 Å². The number of H-pyrrole nitrogens is 1. The summed E-state index contributed by atoms with van der Waals surface area (Å²) in [5.74, 6) is 1.23. The summed E-state index contributed by atoms with van der Waals surface area (Å²) in [5.41, 5.74) is 4.39. The first-order chi connectivity index (χ1) is 19.6. The van der Waals surface area contributed by atoms with Crippen molar-refractivity contribution < 1.29 is 14.3 Å². The number of para-hydroxylation sites is 1. The van der Waals surface area contributed by atoms with Gasteiger partial charge in [0, 0.05) is 37.1 Å². The highest BCUT2D eigenvalue weighted by molar-refractivity contribution is 5.98. The molecule has 0 amide bonds. The van der Waals surface area contributed by atoms with E-state index in [9.17, 15) is 4.79 Å². The Morgan fingerprint density at radius 2 is 1.75 bits per heavy atom. The van der Waals surface area contributed by atoms with Crippen molar-refractivity contribution in [1.29, 1.82) is 0 Å². The van der Waals surface area contributed by atoms with Crippen molar-refractivity contribution in [3.8, 4) is 5.75 Å². The molecule has 0 aliphatic carbocycles. The Morgan fingerprint density at radius 3 is 2.52 bits per heavy atom. The van der Waals surface area contributed by atoms with E-state index in [1.807, 2.05) is 30.5 Å². The van der Waals surface area contributed by atoms with Gasteiger partial charge in [0.2, 0.25) is 5.95 Å². The zero-order valence-corrected chi connectivity index (χ0v) is 22.9. The van der Waals surface area contributed by atoms with Gasteiger partial charge in [-0.05, 0) is 69.1 Å². The summed E-state index contributed by atoms with van der Waals surface area (Å²) in [6, 6.07) is 16.0. The number of ether oxygens (including phenoxy) is 2. The van der Waals surface area contributed by atoms with Crippen molar-refractivity contribution in [1.82, 2.24) is 19.9 Å². The molecule has 4 aromatic rings. The molecular formula is C30H35N7O3. The number of nitrogens with zero attached hydrogens (tertiary/aromatic N) is 4. The number of hydrogen-bond donors (Lipinski definition) is 3. The predicted molar refractivity (Wildman–Crippen MR) is 157 cm³/mol. The van der Waals surface area contributed by atoms with Crippen LogP contribution in [0.1, 0.15) is 36.0 Å². The number of hydrogen-bond acceptors (Lipinski definition) is 9. The topological polar surface area (TPSA) is 108 Å². The van der Waals surface area contributed by atoms with Gasteiger partial charge >= 0.3 is 5.97 Å². The van der Waals surface area contributed by atoms with Crippen LogP contribution in [0.25, 0.3) is 11.0 Å². The first-order valence-electron chi connectivity index (χ1n) is 13.9. The van der Waals surface area contributed by atoms with E-state index in [0.717, 1.165) is 41.2 Å². The third-order valence-electron chi connectivity index (χ3n) is 7.91. The molecule has 4 heterocycles. The van der Waals surface area contributed by atoms with E-state index < -0.39 is 5.97 Å². The Labute approximate surface area is 233 Å². The summed E-state index contributed by atoms with van der Waals surface area (Å²) < 4.78 is 10.7. The predicted octanol–water partition coefficient (Wildman–Crippen LogP) is 5.30. The SMILES string of the molecule is COC(=O)c1ccccc1Nc1nc(Nc2ccc(N3CCC(N4CCCC4)CC3)cc2OC)nc2cc[nH]c12. The maximum absolute atomic E-state index is 12.3. The summed E-state index contributed by atoms with van der Waals surface area (Å²) >= 11 is 0. The fraction of sp³-hybridized carbons (Fsp3) is 0.367. The maximum Gasteiger partial charge on any atom is 0.339 e. The lowest BCUT2D eigenvalue weighted by Crippen LogP contribution is -2.43. The molecule has 10 heteroatoms. The van der Waals surface area contributed by atoms with Crippen LogP contribution in [0.2, 0.25) is 0 Å². The third-order valence-corrected chi connectivity index (χ3v) is 7.91. The standard InChI is InChI=1S/C30H35N7O3/c1-39-26-19-21(37-17-12-20(13-18-37)36-15-5-6-16-36)9-10-24(26)33-30-34-25-11-14-31-27(25)28(35-30)32-23-8-4-3-7-22(23)29(38)40-2/h3-4,7-11,14,19-20,31H,5-6,12-13,15-18H2,1-2H3,(H2,32,33,34,35). The van der Waals surface area contributed by atoms with Gasteiger partial charge in [-0.2, -0.15) is 4.98 Å². The lowest BCUT2D eigenvalue weighted by Gasteiger charge is -2.38. The van der Waals surface area contributed by atoms with E-state index in [4.69, 9.17) is 14.5 Å². The number of aromatic nitrogens is 3. The fourth-order valence-electron chi connectivity index (χ4n) is 5.80. The van der Waals surface area contributed by atoms with Crippen molar-refractivity contribution in [2.24, 2.45) is 0 Å². The molecule has 10 nitrogen and oxygen atoms in total. The number of benzene rings is 2. The molecule has 208 valence electrons. The largest absolute Gasteiger partial charge is 0.494 e. The van der Waals surface area contributed by atoms with Crippen LogP contribution in [0.4, 0.5) is 28.8 Å². The van der Waals surface area contributed by atoms with E-state index in [1.165, 1.54) is 45.9 Å². The van der Waals surface area contributed by atoms with Crippen LogP contribution in [0.15, 0.2) is 54.7 Å². The van der Waals surface area contributed by atoms with Gasteiger partial charge in [-0.25, -0.2) is 9.78 Å². The van der Waals surface area contributed by atoms with Crippen LogP contribution in [0.3, 0.4) is 0 Å². The molecule has 0 bridgehead atoms. The van der Waals surface area contributed by atoms with Crippen molar-refractivity contribution in [2.45, 2.75) is 31.7 Å². The molecule has 2 aromatic carbocycles. The first kappa shape index (κ1) is 25.9. The first-order valence-corrected chi connectivity index (χ1v) is 13.9. The van der Waals surface area contributed by atoms with Crippen molar-refractivity contribution in [3.63, 3.8) is 0 Å². The van der Waals surface area contributed by atoms with Crippen LogP contribution in [0.5, 0.6) is 5.75 Å². The smallest absolute Gasteiger partial charge is 0.339 e. The number of aromatic amines is 1. The van der Waals surface area contributed by atoms with Crippen molar-refractivity contribution in [3.05, 3.63) is 60.3 Å². The van der Waals surface area contributed by atoms with Gasteiger partial charge in [0.15, 0.2) is 5.82 Å². The highest BCUT2D eigenvalue weighted by Crippen LogP contribution is 2.34. The summed E-state index contributed by atoms with van der Waals surface area (Å²) in [4.78, 5) is 30.0. The fourth-order valence-corrected chi connectivity index (χ4v) is 5.80. The normalized spacial score (nSPS) is 16.3. The Balaban J connectivity index is 1.22. The highest BCUT2D eigenvalue weighted by Gasteiger charge is 2.27. The van der Waals surface area contributed by atoms with Gasteiger partial charge in [-0.3, -0.25) is 0 Å². The zero-order valence-electron chi connectivity index (χ0n) is 22.9. The molecule has 0 unspecified atom stereocenters. The summed E-state index contributed by atoms with van der Waals surface area (Å²) in [5, 5.41) is 6.62. The molecule has 0 spiro atoms. The molecule has 0 radical (unpaired) electrons. The van der Waals surface area contributed by atoms with E-state index >= 15 is 0 Å². The monoisotopic (exact) mass is 541 g/mol. The van der Waals surface area contributed by atoms with Crippen LogP contribution < -0.4 is 20.3 Å². The maximum atomic E-state index is 12.3. The number of fused-ring (bicyclic) bond motifs is 1. The Hall–Kier alpha value is -4.31. The summed E-state index contributed by atoms with van der Waals surface area (Å²) in [7, 11) is 3.04. The average Bonchev–Trinajstić information content (AvgIpc) is 3.70. The number of methoxy groups -OCH3 is 2. The van der Waals surface area contributed by atoms with Gasteiger partial charge in [0.1, 0.15) is 11.3 Å². The second-order valence-electron chi connectivity index (χ2n) is 10.3. The molecule has 2 aliphatic rings. The molecule has 0 saturated carbocycles. The number of nitrogens with one attached hydrogen (secondary N) is 3. The van der Waals surface area contributed by atoms with Gasteiger partial charge in [0.25, 0.3) is 0 Å². The number of likely N-dealkylation sites (tertiary alicyclic amines) is 1. The van der Waals surface area contributed by atoms with Gasteiger partial charge in [-0.1, -0.05) is 12.1 Å². The lowest BCUT2D eigenvalue weighted by atomic mass is 10.0. The van der Waals surface area contributed by atoms with Crippen LogP contribution >= 0.6 is 0 Å². The number of anilines is 5. The van der Waals surface area contributed by atoms with E-state index in [0.29, 0.717) is 29.1 Å². The molecule has 6 rings (SSSR count). The quantitative estimate of drug-likeness (QED) is 0.256. The zero-order chi connectivity index (χ0) is 27.5. The molecular weight excluding hydrogens is 506 g/mol. The second kappa shape index (κ2) is 11.4. The number of carbonyl (C=O) groups is 1. The molecule has 3 N–H and O–H groups in total. The molecule has 2 fully saturated rings. The minimum atomic E-state index is -0.427. The van der Waals surface area contributed by atoms with E-state index in [-0.39, 0.29) is 0 Å². The van der Waals surface area contributed by atoms with Crippen LogP contribution in [-0.4, -0.2) is 72.3 Å². The third kappa shape index (κ3) is 5.27. The van der Waals surface area contributed by atoms with Gasteiger partial charge in [0.05, 0.1) is 36.7 Å². The molecule has 2 saturated heterocycles. The van der Waals surface area contributed by atoms with Gasteiger partial charge in [-0.15, -0.1) is 0 Å². The van der Waals surface area contributed by atoms with Crippen LogP contribution in [-0.2, 0) is 4.74 Å². The highest BCUT2D eigenvalue weighted by atomic mass is 16.5. The second-order valence-corrected chi connectivity index (χ2v) is 10.3. The van der Waals surface area contributed by atoms with Crippen molar-refractivity contribution in [2.75, 3.05) is 55.9 Å². The lowest BCUT2D eigenvalue weighted by molar-refractivity contribution is 0.0602. The number of esters is 1. The average molecular weight is 542 g/mol. The molecule has 0 atom stereocenters. The minimum Gasteiger partial charge on any atom is -0.494 e.